The number of aromatic hydroxyl groups is 1. The molecule has 0 saturated heterocycles. The van der Waals surface area contributed by atoms with Crippen LogP contribution in [0.3, 0.4) is 0 Å². The van der Waals surface area contributed by atoms with Crippen LogP contribution in [-0.2, 0) is 4.79 Å². The number of hydrogen-bond acceptors (Lipinski definition) is 3. The molecule has 0 heterocycles. The first-order valence-electron chi connectivity index (χ1n) is 5.89. The maximum absolute atomic E-state index is 12.0. The van der Waals surface area contributed by atoms with Gasteiger partial charge in [0.1, 0.15) is 11.3 Å². The Kier molecular flexibility index (Phi) is 3.41. The van der Waals surface area contributed by atoms with Gasteiger partial charge in [-0.2, -0.15) is 0 Å². The second kappa shape index (κ2) is 4.74. The van der Waals surface area contributed by atoms with E-state index >= 15 is 0 Å². The van der Waals surface area contributed by atoms with Gasteiger partial charge in [0, 0.05) is 5.56 Å². The minimum absolute atomic E-state index is 0.0402. The van der Waals surface area contributed by atoms with E-state index in [2.05, 4.69) is 5.32 Å². The monoisotopic (exact) mass is 283 g/mol. The van der Waals surface area contributed by atoms with E-state index in [0.29, 0.717) is 0 Å². The number of carboxylic acid groups (broad SMARTS) is 1. The Morgan fingerprint density at radius 2 is 2.05 bits per heavy atom. The number of hydrogen-bond donors (Lipinski definition) is 3. The zero-order valence-corrected chi connectivity index (χ0v) is 11.1. The summed E-state index contributed by atoms with van der Waals surface area (Å²) in [5, 5.41) is 21.1. The number of amides is 1. The molecule has 6 heteroatoms. The molecule has 1 aliphatic rings. The number of carbonyl (C=O) groups excluding carboxylic acids is 1. The number of phenols is 1. The molecule has 0 spiro atoms. The number of carboxylic acids is 1. The number of phenolic OH excluding ortho intramolecular Hbond substituents is 1. The molecule has 1 aromatic carbocycles. The molecular weight excluding hydrogens is 270 g/mol. The molecule has 3 N–H and O–H groups in total. The predicted octanol–water partition coefficient (Wildman–Crippen LogP) is 2.03. The second-order valence-electron chi connectivity index (χ2n) is 4.90. The second-order valence-corrected chi connectivity index (χ2v) is 5.31. The van der Waals surface area contributed by atoms with E-state index in [1.807, 2.05) is 0 Å². The van der Waals surface area contributed by atoms with Crippen molar-refractivity contribution in [1.82, 2.24) is 5.32 Å². The summed E-state index contributed by atoms with van der Waals surface area (Å²) in [6, 6.07) is 4.00. The molecule has 0 bridgehead atoms. The summed E-state index contributed by atoms with van der Waals surface area (Å²) >= 11 is 5.72. The molecule has 1 atom stereocenters. The molecule has 5 nitrogen and oxygen atoms in total. The largest absolute Gasteiger partial charge is 0.506 e. The first kappa shape index (κ1) is 13.7. The van der Waals surface area contributed by atoms with Crippen LogP contribution in [0, 0.1) is 5.92 Å². The van der Waals surface area contributed by atoms with Crippen molar-refractivity contribution in [2.24, 2.45) is 5.92 Å². The first-order valence-corrected chi connectivity index (χ1v) is 6.27. The molecule has 19 heavy (non-hydrogen) atoms. The molecule has 1 aromatic rings. The van der Waals surface area contributed by atoms with Crippen molar-refractivity contribution < 1.29 is 19.8 Å². The van der Waals surface area contributed by atoms with E-state index in [1.165, 1.54) is 25.1 Å². The SMILES string of the molecule is CC(NC(=O)c1ccc(O)c(Cl)c1)(C(=O)O)C1CC1. The fourth-order valence-electron chi connectivity index (χ4n) is 1.95. The standard InChI is InChI=1S/C13H14ClNO4/c1-13(12(18)19,8-3-4-8)15-11(17)7-2-5-10(16)9(14)6-7/h2,5-6,8,16H,3-4H2,1H3,(H,15,17)(H,18,19). The summed E-state index contributed by atoms with van der Waals surface area (Å²) in [6.07, 6.45) is 1.58. The van der Waals surface area contributed by atoms with Crippen LogP contribution < -0.4 is 5.32 Å². The zero-order valence-electron chi connectivity index (χ0n) is 10.3. The topological polar surface area (TPSA) is 86.6 Å². The molecule has 1 fully saturated rings. The quantitative estimate of drug-likeness (QED) is 0.789. The van der Waals surface area contributed by atoms with E-state index < -0.39 is 17.4 Å². The Bertz CT molecular complexity index is 541. The third-order valence-electron chi connectivity index (χ3n) is 3.42. The number of benzene rings is 1. The summed E-state index contributed by atoms with van der Waals surface area (Å²) in [7, 11) is 0. The van der Waals surface area contributed by atoms with Gasteiger partial charge >= 0.3 is 5.97 Å². The third kappa shape index (κ3) is 2.66. The number of halogens is 1. The van der Waals surface area contributed by atoms with Crippen LogP contribution >= 0.6 is 11.6 Å². The number of nitrogens with one attached hydrogen (secondary N) is 1. The number of aliphatic carboxylic acids is 1. The molecule has 1 aliphatic carbocycles. The molecule has 0 aliphatic heterocycles. The van der Waals surface area contributed by atoms with Gasteiger partial charge in [-0.25, -0.2) is 4.79 Å². The average Bonchev–Trinajstić information content (AvgIpc) is 3.16. The van der Waals surface area contributed by atoms with Gasteiger partial charge in [0.25, 0.3) is 5.91 Å². The van der Waals surface area contributed by atoms with Crippen molar-refractivity contribution in [3.05, 3.63) is 28.8 Å². The lowest BCUT2D eigenvalue weighted by molar-refractivity contribution is -0.144. The van der Waals surface area contributed by atoms with Gasteiger partial charge in [-0.05, 0) is 43.9 Å². The van der Waals surface area contributed by atoms with Crippen LogP contribution in [0.4, 0.5) is 0 Å². The summed E-state index contributed by atoms with van der Waals surface area (Å²) in [4.78, 5) is 23.4. The highest BCUT2D eigenvalue weighted by molar-refractivity contribution is 6.32. The Hall–Kier alpha value is -1.75. The van der Waals surface area contributed by atoms with Gasteiger partial charge in [-0.15, -0.1) is 0 Å². The normalized spacial score (nSPS) is 17.6. The molecule has 102 valence electrons. The maximum atomic E-state index is 12.0. The number of carbonyl (C=O) groups is 2. The smallest absolute Gasteiger partial charge is 0.329 e. The highest BCUT2D eigenvalue weighted by Crippen LogP contribution is 2.40. The van der Waals surface area contributed by atoms with Crippen molar-refractivity contribution in [3.8, 4) is 5.75 Å². The fraction of sp³-hybridized carbons (Fsp3) is 0.385. The van der Waals surface area contributed by atoms with Gasteiger partial charge in [-0.3, -0.25) is 4.79 Å². The van der Waals surface area contributed by atoms with Crippen LogP contribution in [0.5, 0.6) is 5.75 Å². The summed E-state index contributed by atoms with van der Waals surface area (Å²) < 4.78 is 0. The zero-order chi connectivity index (χ0) is 14.2. The Morgan fingerprint density at radius 1 is 1.42 bits per heavy atom. The van der Waals surface area contributed by atoms with Crippen molar-refractivity contribution in [1.29, 1.82) is 0 Å². The summed E-state index contributed by atoms with van der Waals surface area (Å²) in [6.45, 7) is 1.51. The van der Waals surface area contributed by atoms with Gasteiger partial charge in [-0.1, -0.05) is 11.6 Å². The Labute approximate surface area is 115 Å². The van der Waals surface area contributed by atoms with Crippen LogP contribution in [0.15, 0.2) is 18.2 Å². The maximum Gasteiger partial charge on any atom is 0.329 e. The summed E-state index contributed by atoms with van der Waals surface area (Å²) in [5.74, 6) is -1.73. The van der Waals surface area contributed by atoms with Crippen LogP contribution in [0.1, 0.15) is 30.1 Å². The molecule has 1 unspecified atom stereocenters. The third-order valence-corrected chi connectivity index (χ3v) is 3.72. The number of rotatable bonds is 4. The molecular formula is C13H14ClNO4. The highest BCUT2D eigenvalue weighted by atomic mass is 35.5. The molecule has 1 saturated carbocycles. The summed E-state index contributed by atoms with van der Waals surface area (Å²) in [5.41, 5.74) is -1.04. The molecule has 0 radical (unpaired) electrons. The van der Waals surface area contributed by atoms with Crippen LogP contribution in [0.2, 0.25) is 5.02 Å². The van der Waals surface area contributed by atoms with Gasteiger partial charge < -0.3 is 15.5 Å². The van der Waals surface area contributed by atoms with E-state index in [0.717, 1.165) is 12.8 Å². The Balaban J connectivity index is 2.20. The van der Waals surface area contributed by atoms with Gasteiger partial charge in [0.2, 0.25) is 0 Å². The van der Waals surface area contributed by atoms with Crippen molar-refractivity contribution >= 4 is 23.5 Å². The van der Waals surface area contributed by atoms with E-state index in [1.54, 1.807) is 0 Å². The van der Waals surface area contributed by atoms with Crippen molar-refractivity contribution in [3.63, 3.8) is 0 Å². The molecule has 1 amide bonds. The highest BCUT2D eigenvalue weighted by Gasteiger charge is 2.48. The minimum Gasteiger partial charge on any atom is -0.506 e. The van der Waals surface area contributed by atoms with Crippen LogP contribution in [0.25, 0.3) is 0 Å². The van der Waals surface area contributed by atoms with Gasteiger partial charge in [0.15, 0.2) is 0 Å². The van der Waals surface area contributed by atoms with E-state index in [-0.39, 0.29) is 22.3 Å². The molecule has 2 rings (SSSR count). The van der Waals surface area contributed by atoms with Gasteiger partial charge in [0.05, 0.1) is 5.02 Å². The lowest BCUT2D eigenvalue weighted by Crippen LogP contribution is -2.54. The average molecular weight is 284 g/mol. The van der Waals surface area contributed by atoms with Crippen LogP contribution in [-0.4, -0.2) is 27.6 Å². The Morgan fingerprint density at radius 3 is 2.53 bits per heavy atom. The predicted molar refractivity (Wildman–Crippen MR) is 69.3 cm³/mol. The van der Waals surface area contributed by atoms with Crippen molar-refractivity contribution in [2.45, 2.75) is 25.3 Å². The molecule has 0 aromatic heterocycles. The van der Waals surface area contributed by atoms with Crippen molar-refractivity contribution in [2.75, 3.05) is 0 Å². The fourth-order valence-corrected chi connectivity index (χ4v) is 2.13. The minimum atomic E-state index is -1.26. The first-order chi connectivity index (χ1) is 8.84. The lowest BCUT2D eigenvalue weighted by atomic mass is 9.95. The van der Waals surface area contributed by atoms with E-state index in [4.69, 9.17) is 11.6 Å². The van der Waals surface area contributed by atoms with E-state index in [9.17, 15) is 19.8 Å². The lowest BCUT2D eigenvalue weighted by Gasteiger charge is -2.26.